The summed E-state index contributed by atoms with van der Waals surface area (Å²) in [5, 5.41) is 5.21. The van der Waals surface area contributed by atoms with Crippen molar-refractivity contribution >= 4 is 16.9 Å². The first-order valence-corrected chi connectivity index (χ1v) is 19.3. The maximum atomic E-state index is 13.8. The molecule has 1 saturated heterocycles. The molecule has 270 valence electrons. The summed E-state index contributed by atoms with van der Waals surface area (Å²) in [4.78, 5) is 32.0. The van der Waals surface area contributed by atoms with E-state index < -0.39 is 5.41 Å². The maximum Gasteiger partial charge on any atom is 0.315 e. The number of rotatable bonds is 18. The standard InChI is InChI=1S/C40H60FN4O4/c1-5-6-7-8-9-10-11-12-13-15-23-40(3,4)39(47)48-29-45(27-22-33-30(2)42-36-17-14-16-24-44(36)38(33)46)25-20-31(21-26-45)37-34-19-18-32(41)28-35(34)49-43-37/h18-19,28,31H,5-17,20-27,29H2,1-4H3/q+1. The predicted octanol–water partition coefficient (Wildman–Crippen LogP) is 8.94. The fourth-order valence-corrected chi connectivity index (χ4v) is 7.95. The Labute approximate surface area is 292 Å². The van der Waals surface area contributed by atoms with Crippen molar-refractivity contribution in [3.8, 4) is 0 Å². The van der Waals surface area contributed by atoms with Crippen molar-refractivity contribution < 1.29 is 22.9 Å². The van der Waals surface area contributed by atoms with Crippen molar-refractivity contribution in [2.24, 2.45) is 5.41 Å². The fourth-order valence-electron chi connectivity index (χ4n) is 7.95. The van der Waals surface area contributed by atoms with Crippen molar-refractivity contribution in [1.29, 1.82) is 0 Å². The second-order valence-corrected chi connectivity index (χ2v) is 15.6. The van der Waals surface area contributed by atoms with E-state index in [-0.39, 0.29) is 30.0 Å². The second-order valence-electron chi connectivity index (χ2n) is 15.6. The number of benzene rings is 1. The predicted molar refractivity (Wildman–Crippen MR) is 192 cm³/mol. The lowest BCUT2D eigenvalue weighted by Crippen LogP contribution is -2.56. The third-order valence-electron chi connectivity index (χ3n) is 11.3. The van der Waals surface area contributed by atoms with Crippen LogP contribution in [0.25, 0.3) is 11.0 Å². The average Bonchev–Trinajstić information content (AvgIpc) is 3.51. The van der Waals surface area contributed by atoms with E-state index in [4.69, 9.17) is 14.2 Å². The molecule has 0 saturated carbocycles. The van der Waals surface area contributed by atoms with Crippen LogP contribution in [0.2, 0.25) is 0 Å². The van der Waals surface area contributed by atoms with E-state index in [0.717, 1.165) is 99.2 Å². The number of fused-ring (bicyclic) bond motifs is 2. The minimum Gasteiger partial charge on any atom is -0.415 e. The van der Waals surface area contributed by atoms with Crippen LogP contribution in [-0.2, 0) is 28.9 Å². The van der Waals surface area contributed by atoms with Gasteiger partial charge in [-0.3, -0.25) is 18.6 Å². The molecule has 0 unspecified atom stereocenters. The summed E-state index contributed by atoms with van der Waals surface area (Å²) in [6, 6.07) is 4.60. The summed E-state index contributed by atoms with van der Waals surface area (Å²) < 4.78 is 28.0. The van der Waals surface area contributed by atoms with Crippen LogP contribution in [0.4, 0.5) is 4.39 Å². The number of esters is 1. The fraction of sp³-hybridized carbons (Fsp3) is 0.700. The first-order valence-electron chi connectivity index (χ1n) is 19.3. The van der Waals surface area contributed by atoms with Crippen LogP contribution in [0.1, 0.15) is 146 Å². The number of piperidine rings is 1. The molecule has 0 radical (unpaired) electrons. The number of aromatic nitrogens is 3. The van der Waals surface area contributed by atoms with E-state index in [2.05, 4.69) is 12.1 Å². The summed E-state index contributed by atoms with van der Waals surface area (Å²) in [5.41, 5.74) is 2.48. The number of hydrogen-bond donors (Lipinski definition) is 0. The van der Waals surface area contributed by atoms with E-state index >= 15 is 0 Å². The Morgan fingerprint density at radius 3 is 2.45 bits per heavy atom. The molecule has 0 bridgehead atoms. The molecule has 0 spiro atoms. The Morgan fingerprint density at radius 2 is 1.73 bits per heavy atom. The van der Waals surface area contributed by atoms with Crippen molar-refractivity contribution in [3.63, 3.8) is 0 Å². The molecule has 5 rings (SSSR count). The minimum absolute atomic E-state index is 0.0890. The lowest BCUT2D eigenvalue weighted by atomic mass is 9.87. The summed E-state index contributed by atoms with van der Waals surface area (Å²) >= 11 is 0. The highest BCUT2D eigenvalue weighted by molar-refractivity contribution is 5.80. The number of halogens is 1. The summed E-state index contributed by atoms with van der Waals surface area (Å²) in [6.07, 6.45) is 18.7. The molecule has 2 aromatic heterocycles. The van der Waals surface area contributed by atoms with Gasteiger partial charge in [0.15, 0.2) is 5.58 Å². The quantitative estimate of drug-likeness (QED) is 0.0758. The van der Waals surface area contributed by atoms with Gasteiger partial charge in [0.1, 0.15) is 11.6 Å². The van der Waals surface area contributed by atoms with Gasteiger partial charge in [-0.15, -0.1) is 0 Å². The molecule has 1 fully saturated rings. The maximum absolute atomic E-state index is 13.8. The molecule has 2 aliphatic rings. The molecule has 0 atom stereocenters. The number of carbonyl (C=O) groups excluding carboxylic acids is 1. The molecule has 0 aliphatic carbocycles. The topological polar surface area (TPSA) is 87.2 Å². The van der Waals surface area contributed by atoms with E-state index in [1.165, 1.54) is 63.5 Å². The molecular weight excluding hydrogens is 619 g/mol. The number of carbonyl (C=O) groups is 1. The number of hydrogen-bond acceptors (Lipinski definition) is 6. The van der Waals surface area contributed by atoms with Gasteiger partial charge in [0.05, 0.1) is 30.7 Å². The van der Waals surface area contributed by atoms with Crippen molar-refractivity contribution in [1.82, 2.24) is 14.7 Å². The summed E-state index contributed by atoms with van der Waals surface area (Å²) in [7, 11) is 0. The van der Waals surface area contributed by atoms with E-state index in [1.54, 1.807) is 6.07 Å². The van der Waals surface area contributed by atoms with Gasteiger partial charge in [-0.25, -0.2) is 9.37 Å². The Balaban J connectivity index is 1.20. The van der Waals surface area contributed by atoms with E-state index in [0.29, 0.717) is 23.0 Å². The van der Waals surface area contributed by atoms with Crippen molar-refractivity contribution in [2.75, 3.05) is 26.4 Å². The highest BCUT2D eigenvalue weighted by Crippen LogP contribution is 2.36. The molecule has 9 heteroatoms. The van der Waals surface area contributed by atoms with Gasteiger partial charge < -0.3 is 9.26 Å². The monoisotopic (exact) mass is 679 g/mol. The highest BCUT2D eigenvalue weighted by atomic mass is 19.1. The van der Waals surface area contributed by atoms with Crippen LogP contribution >= 0.6 is 0 Å². The van der Waals surface area contributed by atoms with Gasteiger partial charge in [-0.05, 0) is 52.2 Å². The van der Waals surface area contributed by atoms with Crippen LogP contribution < -0.4 is 5.56 Å². The Bertz CT molecular complexity index is 1590. The molecule has 0 N–H and O–H groups in total. The van der Waals surface area contributed by atoms with Crippen LogP contribution in [0.15, 0.2) is 27.5 Å². The molecule has 1 aromatic carbocycles. The number of likely N-dealkylation sites (tertiary alicyclic amines) is 1. The second kappa shape index (κ2) is 17.2. The Hall–Kier alpha value is -3.07. The lowest BCUT2D eigenvalue weighted by molar-refractivity contribution is -0.948. The van der Waals surface area contributed by atoms with Crippen LogP contribution in [0.5, 0.6) is 0 Å². The van der Waals surface area contributed by atoms with Crippen molar-refractivity contribution in [2.45, 2.75) is 149 Å². The number of aryl methyl sites for hydroxylation is 2. The van der Waals surface area contributed by atoms with Crippen molar-refractivity contribution in [3.05, 3.63) is 57.1 Å². The van der Waals surface area contributed by atoms with E-state index in [1.807, 2.05) is 25.3 Å². The number of nitrogens with zero attached hydrogens (tertiary/aromatic N) is 4. The molecule has 3 aromatic rings. The molecule has 4 heterocycles. The SMILES string of the molecule is CCCCCCCCCCCCC(C)(C)C(=O)OC[N+]1(CCc2c(C)nc3n(c2=O)CCCC3)CCC(c2noc3cc(F)ccc23)CC1. The van der Waals surface area contributed by atoms with Crippen LogP contribution in [-0.4, -0.2) is 51.5 Å². The van der Waals surface area contributed by atoms with Gasteiger partial charge in [0.25, 0.3) is 5.56 Å². The average molecular weight is 680 g/mol. The highest BCUT2D eigenvalue weighted by Gasteiger charge is 2.39. The normalized spacial score (nSPS) is 19.7. The summed E-state index contributed by atoms with van der Waals surface area (Å²) in [5.74, 6) is 0.592. The third-order valence-corrected chi connectivity index (χ3v) is 11.3. The van der Waals surface area contributed by atoms with E-state index in [9.17, 15) is 14.0 Å². The first-order chi connectivity index (χ1) is 23.6. The smallest absolute Gasteiger partial charge is 0.315 e. The van der Waals surface area contributed by atoms with Gasteiger partial charge >= 0.3 is 5.97 Å². The number of ether oxygens (including phenoxy) is 1. The number of quaternary nitrogens is 1. The zero-order valence-electron chi connectivity index (χ0n) is 30.7. The first kappa shape index (κ1) is 37.2. The minimum atomic E-state index is -0.546. The van der Waals surface area contributed by atoms with Crippen LogP contribution in [0, 0.1) is 18.2 Å². The van der Waals surface area contributed by atoms with Gasteiger partial charge in [0, 0.05) is 60.9 Å². The van der Waals surface area contributed by atoms with Gasteiger partial charge in [0.2, 0.25) is 6.73 Å². The third kappa shape index (κ3) is 9.59. The Kier molecular flexibility index (Phi) is 13.1. The van der Waals surface area contributed by atoms with Gasteiger partial charge in [-0.1, -0.05) is 76.3 Å². The molecule has 0 amide bonds. The summed E-state index contributed by atoms with van der Waals surface area (Å²) in [6.45, 7) is 11.5. The van der Waals surface area contributed by atoms with Crippen LogP contribution in [0.3, 0.4) is 0 Å². The van der Waals surface area contributed by atoms with Gasteiger partial charge in [-0.2, -0.15) is 0 Å². The zero-order valence-corrected chi connectivity index (χ0v) is 30.7. The lowest BCUT2D eigenvalue weighted by Gasteiger charge is -2.43. The zero-order chi connectivity index (χ0) is 34.9. The molecule has 8 nitrogen and oxygen atoms in total. The number of unbranched alkanes of at least 4 members (excludes halogenated alkanes) is 9. The molecular formula is C40H60FN4O4+. The molecule has 2 aliphatic heterocycles. The largest absolute Gasteiger partial charge is 0.415 e. The molecule has 49 heavy (non-hydrogen) atoms. The Morgan fingerprint density at radius 1 is 1.04 bits per heavy atom.